The molecule has 0 heterocycles. The molecule has 1 aromatic rings. The van der Waals surface area contributed by atoms with E-state index in [1.807, 2.05) is 0 Å². The minimum atomic E-state index is -0.955. The van der Waals surface area contributed by atoms with Gasteiger partial charge in [0.05, 0.1) is 0 Å². The van der Waals surface area contributed by atoms with Crippen LogP contribution in [0.4, 0.5) is 0 Å². The fourth-order valence-corrected chi connectivity index (χ4v) is 1.34. The van der Waals surface area contributed by atoms with E-state index >= 15 is 0 Å². The molecule has 0 unspecified atom stereocenters. The van der Waals surface area contributed by atoms with Gasteiger partial charge in [-0.2, -0.15) is 0 Å². The first-order valence-electron chi connectivity index (χ1n) is 2.83. The van der Waals surface area contributed by atoms with Gasteiger partial charge in [0, 0.05) is 0 Å². The zero-order valence-corrected chi connectivity index (χ0v) is 8.05. The Kier molecular flexibility index (Phi) is 2.58. The summed E-state index contributed by atoms with van der Waals surface area (Å²) in [5.41, 5.74) is 0.234. The first-order chi connectivity index (χ1) is 5.11. The molecule has 0 spiro atoms. The second kappa shape index (κ2) is 3.29. The number of carboxylic acid groups (broad SMARTS) is 1. The van der Waals surface area contributed by atoms with Crippen LogP contribution in [-0.4, -0.2) is 27.9 Å². The van der Waals surface area contributed by atoms with Crippen molar-refractivity contribution >= 4 is 38.8 Å². The molecule has 0 aliphatic rings. The van der Waals surface area contributed by atoms with Gasteiger partial charge in [0.25, 0.3) is 0 Å². The zero-order chi connectivity index (χ0) is 8.43. The van der Waals surface area contributed by atoms with Gasteiger partial charge in [-0.15, -0.1) is 0 Å². The number of benzene rings is 1. The molecule has 11 heavy (non-hydrogen) atoms. The van der Waals surface area contributed by atoms with Crippen molar-refractivity contribution in [3.63, 3.8) is 0 Å². The molecule has 4 heteroatoms. The number of hydrogen-bond acceptors (Lipinski definition) is 1. The molecule has 2 nitrogen and oxygen atoms in total. The molecule has 56 valence electrons. The van der Waals surface area contributed by atoms with E-state index in [0.717, 1.165) is 0 Å². The van der Waals surface area contributed by atoms with Crippen molar-refractivity contribution in [2.24, 2.45) is 0 Å². The molecule has 1 N–H and O–H groups in total. The molecule has 0 aromatic heterocycles. The molecule has 0 aliphatic carbocycles. The Morgan fingerprint density at radius 3 is 2.64 bits per heavy atom. The minimum absolute atomic E-state index is 0.234. The summed E-state index contributed by atoms with van der Waals surface area (Å²) in [6.07, 6.45) is 0. The number of carboxylic acids is 1. The van der Waals surface area contributed by atoms with E-state index in [2.05, 4.69) is 16.9 Å². The molecule has 1 rings (SSSR count). The Morgan fingerprint density at radius 1 is 1.55 bits per heavy atom. The summed E-state index contributed by atoms with van der Waals surface area (Å²) in [4.78, 5) is 10.5. The standard InChI is InChI=1S/C7H4AsClO2/c8-6-2-1-4(9)3-5(6)7(10)11/h1-3H,(H,10,11). The Morgan fingerprint density at radius 2 is 2.18 bits per heavy atom. The molecule has 2 radical (unpaired) electrons. The van der Waals surface area contributed by atoms with Gasteiger partial charge in [0.15, 0.2) is 0 Å². The molecule has 0 bridgehead atoms. The molecule has 0 atom stereocenters. The maximum atomic E-state index is 10.5. The molecule has 0 amide bonds. The van der Waals surface area contributed by atoms with Crippen LogP contribution in [0.25, 0.3) is 0 Å². The van der Waals surface area contributed by atoms with Crippen molar-refractivity contribution < 1.29 is 9.90 Å². The Balaban J connectivity index is 3.23. The van der Waals surface area contributed by atoms with E-state index in [9.17, 15) is 4.79 Å². The molecule has 0 saturated heterocycles. The van der Waals surface area contributed by atoms with Crippen LogP contribution in [-0.2, 0) is 0 Å². The van der Waals surface area contributed by atoms with Crippen molar-refractivity contribution in [3.05, 3.63) is 28.8 Å². The average Bonchev–Trinajstić information content (AvgIpc) is 1.94. The van der Waals surface area contributed by atoms with Crippen LogP contribution in [0.5, 0.6) is 0 Å². The van der Waals surface area contributed by atoms with E-state index in [4.69, 9.17) is 16.7 Å². The van der Waals surface area contributed by atoms with Gasteiger partial charge in [0.1, 0.15) is 0 Å². The molecule has 0 fully saturated rings. The van der Waals surface area contributed by atoms with Gasteiger partial charge in [0.2, 0.25) is 0 Å². The van der Waals surface area contributed by atoms with Crippen molar-refractivity contribution in [3.8, 4) is 0 Å². The first kappa shape index (κ1) is 8.63. The van der Waals surface area contributed by atoms with E-state index in [1.165, 1.54) is 6.07 Å². The Hall–Kier alpha value is -0.462. The van der Waals surface area contributed by atoms with Crippen LogP contribution in [0.3, 0.4) is 0 Å². The van der Waals surface area contributed by atoms with E-state index in [-0.39, 0.29) is 5.56 Å². The molecular weight excluding hydrogens is 226 g/mol. The van der Waals surface area contributed by atoms with Crippen LogP contribution in [0.15, 0.2) is 18.2 Å². The molecular formula is C7H4AsClO2. The summed E-state index contributed by atoms with van der Waals surface area (Å²) in [5, 5.41) is 9.06. The van der Waals surface area contributed by atoms with E-state index in [1.54, 1.807) is 12.1 Å². The van der Waals surface area contributed by atoms with Crippen molar-refractivity contribution in [2.75, 3.05) is 0 Å². The van der Waals surface area contributed by atoms with Gasteiger partial charge >= 0.3 is 77.5 Å². The van der Waals surface area contributed by atoms with Crippen LogP contribution in [0, 0.1) is 0 Å². The molecule has 0 aliphatic heterocycles. The number of hydrogen-bond donors (Lipinski definition) is 1. The van der Waals surface area contributed by atoms with Gasteiger partial charge in [-0.3, -0.25) is 0 Å². The summed E-state index contributed by atoms with van der Waals surface area (Å²) >= 11 is 7.78. The monoisotopic (exact) mass is 230 g/mol. The summed E-state index contributed by atoms with van der Waals surface area (Å²) in [6.45, 7) is 0. The first-order valence-corrected chi connectivity index (χ1v) is 4.14. The average molecular weight is 230 g/mol. The summed E-state index contributed by atoms with van der Waals surface area (Å²) in [7, 11) is 0. The van der Waals surface area contributed by atoms with Crippen LogP contribution in [0.2, 0.25) is 5.02 Å². The van der Waals surface area contributed by atoms with Crippen molar-refractivity contribution in [1.29, 1.82) is 0 Å². The topological polar surface area (TPSA) is 37.3 Å². The fourth-order valence-electron chi connectivity index (χ4n) is 0.680. The summed E-state index contributed by atoms with van der Waals surface area (Å²) < 4.78 is 0.661. The number of halogens is 1. The Bertz CT molecular complexity index is 298. The van der Waals surface area contributed by atoms with Gasteiger partial charge in [-0.25, -0.2) is 0 Å². The third kappa shape index (κ3) is 1.98. The number of aromatic carboxylic acids is 1. The third-order valence-corrected chi connectivity index (χ3v) is 2.24. The van der Waals surface area contributed by atoms with Crippen LogP contribution < -0.4 is 4.35 Å². The second-order valence-electron chi connectivity index (χ2n) is 1.97. The quantitative estimate of drug-likeness (QED) is 0.726. The van der Waals surface area contributed by atoms with Crippen LogP contribution >= 0.6 is 11.6 Å². The molecule has 1 aromatic carbocycles. The van der Waals surface area contributed by atoms with Gasteiger partial charge in [-0.1, -0.05) is 0 Å². The molecule has 0 saturated carbocycles. The number of rotatable bonds is 1. The summed E-state index contributed by atoms with van der Waals surface area (Å²) in [5.74, 6) is -0.955. The predicted molar refractivity (Wildman–Crippen MR) is 43.8 cm³/mol. The summed E-state index contributed by atoms with van der Waals surface area (Å²) in [6, 6.07) is 4.74. The van der Waals surface area contributed by atoms with E-state index < -0.39 is 5.97 Å². The predicted octanol–water partition coefficient (Wildman–Crippen LogP) is 0.832. The van der Waals surface area contributed by atoms with E-state index in [0.29, 0.717) is 9.37 Å². The fraction of sp³-hybridized carbons (Fsp3) is 0. The van der Waals surface area contributed by atoms with Crippen LogP contribution in [0.1, 0.15) is 10.4 Å². The maximum absolute atomic E-state index is 10.5. The second-order valence-corrected chi connectivity index (χ2v) is 3.41. The van der Waals surface area contributed by atoms with Gasteiger partial charge < -0.3 is 0 Å². The normalized spacial score (nSPS) is 9.64. The Labute approximate surface area is 77.7 Å². The number of carbonyl (C=O) groups is 1. The van der Waals surface area contributed by atoms with Crippen molar-refractivity contribution in [1.82, 2.24) is 0 Å². The third-order valence-electron chi connectivity index (χ3n) is 1.19. The zero-order valence-electron chi connectivity index (χ0n) is 5.41. The van der Waals surface area contributed by atoms with Gasteiger partial charge in [-0.05, 0) is 0 Å². The SMILES string of the molecule is O=C(O)c1cc(Cl)ccc1[As]. The van der Waals surface area contributed by atoms with Crippen molar-refractivity contribution in [2.45, 2.75) is 0 Å².